The molecular weight excluding hydrogens is 344 g/mol. The highest BCUT2D eigenvalue weighted by atomic mass is 79.9. The van der Waals surface area contributed by atoms with Crippen molar-refractivity contribution >= 4 is 37.5 Å². The van der Waals surface area contributed by atoms with E-state index in [9.17, 15) is 8.42 Å². The lowest BCUT2D eigenvalue weighted by molar-refractivity contribution is 0.601. The van der Waals surface area contributed by atoms with Gasteiger partial charge < -0.3 is 5.43 Å². The summed E-state index contributed by atoms with van der Waals surface area (Å²) in [4.78, 5) is 3.87. The van der Waals surface area contributed by atoms with E-state index in [1.807, 2.05) is 13.0 Å². The number of hydrogen-bond acceptors (Lipinski definition) is 5. The Labute approximate surface area is 125 Å². The maximum absolute atomic E-state index is 12.4. The maximum Gasteiger partial charge on any atom is 0.265 e. The van der Waals surface area contributed by atoms with E-state index in [-0.39, 0.29) is 10.7 Å². The van der Waals surface area contributed by atoms with Gasteiger partial charge in [0.1, 0.15) is 4.90 Å². The quantitative estimate of drug-likeness (QED) is 0.576. The summed E-state index contributed by atoms with van der Waals surface area (Å²) in [5.41, 5.74) is 3.56. The minimum atomic E-state index is -3.77. The number of rotatable bonds is 4. The molecule has 8 heteroatoms. The van der Waals surface area contributed by atoms with Gasteiger partial charge in [0.2, 0.25) is 0 Å². The molecule has 1 heterocycles. The first-order valence-electron chi connectivity index (χ1n) is 5.65. The van der Waals surface area contributed by atoms with E-state index < -0.39 is 10.0 Å². The minimum Gasteiger partial charge on any atom is -0.307 e. The number of hydrazine groups is 1. The zero-order chi connectivity index (χ0) is 14.8. The molecule has 0 fully saturated rings. The van der Waals surface area contributed by atoms with Crippen LogP contribution in [0.4, 0.5) is 11.5 Å². The molecule has 0 radical (unpaired) electrons. The van der Waals surface area contributed by atoms with Crippen molar-refractivity contribution in [1.82, 2.24) is 4.98 Å². The van der Waals surface area contributed by atoms with Crippen LogP contribution in [0.3, 0.4) is 0 Å². The van der Waals surface area contributed by atoms with Crippen LogP contribution in [0.2, 0.25) is 0 Å². The van der Waals surface area contributed by atoms with E-state index in [0.29, 0.717) is 5.69 Å². The molecule has 0 saturated carbocycles. The smallest absolute Gasteiger partial charge is 0.265 e. The Morgan fingerprint density at radius 1 is 1.25 bits per heavy atom. The summed E-state index contributed by atoms with van der Waals surface area (Å²) >= 11 is 3.36. The van der Waals surface area contributed by atoms with Crippen LogP contribution in [0.15, 0.2) is 45.9 Å². The average Bonchev–Trinajstić information content (AvgIpc) is 2.43. The Morgan fingerprint density at radius 2 is 2.00 bits per heavy atom. The zero-order valence-electron chi connectivity index (χ0n) is 10.6. The molecule has 0 bridgehead atoms. The SMILES string of the molecule is Cc1c(Br)cccc1NS(=O)(=O)c1cccnc1NN. The van der Waals surface area contributed by atoms with Crippen molar-refractivity contribution in [2.75, 3.05) is 10.1 Å². The van der Waals surface area contributed by atoms with Gasteiger partial charge in [-0.1, -0.05) is 22.0 Å². The summed E-state index contributed by atoms with van der Waals surface area (Å²) in [7, 11) is -3.77. The predicted octanol–water partition coefficient (Wildman–Crippen LogP) is 2.24. The van der Waals surface area contributed by atoms with Crippen molar-refractivity contribution in [2.24, 2.45) is 5.84 Å². The number of halogens is 1. The Kier molecular flexibility index (Phi) is 4.26. The molecule has 0 amide bonds. The zero-order valence-corrected chi connectivity index (χ0v) is 13.0. The average molecular weight is 357 g/mol. The molecule has 0 aliphatic carbocycles. The first-order valence-corrected chi connectivity index (χ1v) is 7.93. The molecule has 0 unspecified atom stereocenters. The van der Waals surface area contributed by atoms with E-state index >= 15 is 0 Å². The van der Waals surface area contributed by atoms with Crippen molar-refractivity contribution in [3.05, 3.63) is 46.6 Å². The molecule has 1 aromatic heterocycles. The Balaban J connectivity index is 2.44. The van der Waals surface area contributed by atoms with Crippen LogP contribution in [-0.2, 0) is 10.0 Å². The number of pyridine rings is 1. The third kappa shape index (κ3) is 2.92. The van der Waals surface area contributed by atoms with Gasteiger partial charge in [-0.25, -0.2) is 19.2 Å². The van der Waals surface area contributed by atoms with E-state index in [4.69, 9.17) is 5.84 Å². The second kappa shape index (κ2) is 5.78. The molecule has 0 saturated heterocycles. The molecule has 0 spiro atoms. The van der Waals surface area contributed by atoms with Crippen molar-refractivity contribution < 1.29 is 8.42 Å². The van der Waals surface area contributed by atoms with Crippen molar-refractivity contribution in [1.29, 1.82) is 0 Å². The topological polar surface area (TPSA) is 97.1 Å². The lowest BCUT2D eigenvalue weighted by atomic mass is 10.2. The highest BCUT2D eigenvalue weighted by molar-refractivity contribution is 9.10. The number of nitrogens with zero attached hydrogens (tertiary/aromatic N) is 1. The van der Waals surface area contributed by atoms with Crippen molar-refractivity contribution in [3.8, 4) is 0 Å². The molecule has 1 aromatic carbocycles. The summed E-state index contributed by atoms with van der Waals surface area (Å²) in [6.07, 6.45) is 1.46. The number of anilines is 2. The number of aromatic nitrogens is 1. The Bertz CT molecular complexity index is 734. The summed E-state index contributed by atoms with van der Waals surface area (Å²) in [6.45, 7) is 1.81. The van der Waals surface area contributed by atoms with Gasteiger partial charge in [-0.3, -0.25) is 4.72 Å². The van der Waals surface area contributed by atoms with Gasteiger partial charge in [0.15, 0.2) is 5.82 Å². The van der Waals surface area contributed by atoms with Crippen LogP contribution >= 0.6 is 15.9 Å². The fourth-order valence-corrected chi connectivity index (χ4v) is 3.24. The van der Waals surface area contributed by atoms with Crippen LogP contribution in [0.25, 0.3) is 0 Å². The molecule has 106 valence electrons. The van der Waals surface area contributed by atoms with Crippen molar-refractivity contribution in [2.45, 2.75) is 11.8 Å². The molecule has 6 nitrogen and oxygen atoms in total. The normalized spacial score (nSPS) is 11.2. The highest BCUT2D eigenvalue weighted by Crippen LogP contribution is 2.27. The second-order valence-electron chi connectivity index (χ2n) is 4.01. The summed E-state index contributed by atoms with van der Waals surface area (Å²) in [6, 6.07) is 8.23. The third-order valence-corrected chi connectivity index (χ3v) is 4.97. The maximum atomic E-state index is 12.4. The van der Waals surface area contributed by atoms with Gasteiger partial charge >= 0.3 is 0 Å². The van der Waals surface area contributed by atoms with Gasteiger partial charge in [-0.2, -0.15) is 0 Å². The molecule has 0 aliphatic heterocycles. The number of benzene rings is 1. The van der Waals surface area contributed by atoms with Crippen LogP contribution < -0.4 is 16.0 Å². The monoisotopic (exact) mass is 356 g/mol. The van der Waals surface area contributed by atoms with Gasteiger partial charge in [0.05, 0.1) is 5.69 Å². The predicted molar refractivity (Wildman–Crippen MR) is 81.7 cm³/mol. The Morgan fingerprint density at radius 3 is 2.70 bits per heavy atom. The van der Waals surface area contributed by atoms with E-state index in [0.717, 1.165) is 10.0 Å². The first-order chi connectivity index (χ1) is 9.45. The number of hydrogen-bond donors (Lipinski definition) is 3. The van der Waals surface area contributed by atoms with Crippen LogP contribution in [0.1, 0.15) is 5.56 Å². The molecule has 0 aliphatic rings. The molecular formula is C12H13BrN4O2S. The summed E-state index contributed by atoms with van der Waals surface area (Å²) in [5, 5.41) is 0. The largest absolute Gasteiger partial charge is 0.307 e. The van der Waals surface area contributed by atoms with E-state index in [2.05, 4.69) is 31.1 Å². The van der Waals surface area contributed by atoms with Crippen molar-refractivity contribution in [3.63, 3.8) is 0 Å². The second-order valence-corrected chi connectivity index (χ2v) is 6.52. The fraction of sp³-hybridized carbons (Fsp3) is 0.0833. The van der Waals surface area contributed by atoms with E-state index in [1.165, 1.54) is 18.3 Å². The lowest BCUT2D eigenvalue weighted by Crippen LogP contribution is -2.18. The van der Waals surface area contributed by atoms with E-state index in [1.54, 1.807) is 12.1 Å². The van der Waals surface area contributed by atoms with Crippen LogP contribution in [-0.4, -0.2) is 13.4 Å². The summed E-state index contributed by atoms with van der Waals surface area (Å²) < 4.78 is 28.1. The molecule has 20 heavy (non-hydrogen) atoms. The first kappa shape index (κ1) is 14.8. The van der Waals surface area contributed by atoms with Gasteiger partial charge in [-0.05, 0) is 36.8 Å². The molecule has 4 N–H and O–H groups in total. The standard InChI is InChI=1S/C12H13BrN4O2S/c1-8-9(13)4-2-5-10(8)17-20(18,19)11-6-3-7-15-12(11)16-14/h2-7,17H,14H2,1H3,(H,15,16). The highest BCUT2D eigenvalue weighted by Gasteiger charge is 2.20. The van der Waals surface area contributed by atoms with Gasteiger partial charge in [0.25, 0.3) is 10.0 Å². The number of nitrogen functional groups attached to an aromatic ring is 1. The molecule has 2 rings (SSSR count). The van der Waals surface area contributed by atoms with Crippen LogP contribution in [0.5, 0.6) is 0 Å². The minimum absolute atomic E-state index is 0.0122. The number of sulfonamides is 1. The number of nitrogens with one attached hydrogen (secondary N) is 2. The lowest BCUT2D eigenvalue weighted by Gasteiger charge is -2.13. The fourth-order valence-electron chi connectivity index (χ4n) is 1.63. The Hall–Kier alpha value is -1.64. The molecule has 2 aromatic rings. The van der Waals surface area contributed by atoms with Gasteiger partial charge in [-0.15, -0.1) is 0 Å². The third-order valence-electron chi connectivity index (χ3n) is 2.71. The summed E-state index contributed by atoms with van der Waals surface area (Å²) in [5.74, 6) is 5.37. The number of nitrogens with two attached hydrogens (primary N) is 1. The molecule has 0 atom stereocenters. The van der Waals surface area contributed by atoms with Gasteiger partial charge in [0, 0.05) is 10.7 Å². The van der Waals surface area contributed by atoms with Crippen LogP contribution in [0, 0.1) is 6.92 Å².